The third kappa shape index (κ3) is 3.99. The van der Waals surface area contributed by atoms with Gasteiger partial charge in [-0.25, -0.2) is 0 Å². The molecule has 1 aromatic carbocycles. The molecule has 0 saturated carbocycles. The van der Waals surface area contributed by atoms with Crippen molar-refractivity contribution in [3.63, 3.8) is 0 Å². The summed E-state index contributed by atoms with van der Waals surface area (Å²) in [4.78, 5) is 14.2. The number of carbonyl (C=O) groups is 1. The topological polar surface area (TPSA) is 32.3 Å². The molecule has 1 aromatic rings. The van der Waals surface area contributed by atoms with Crippen LogP contribution in [0, 0.1) is 0 Å². The van der Waals surface area contributed by atoms with Gasteiger partial charge in [0.15, 0.2) is 0 Å². The first-order chi connectivity index (χ1) is 9.70. The second-order valence-corrected chi connectivity index (χ2v) is 5.74. The molecular weight excluding hydrogens is 248 g/mol. The fraction of sp³-hybridized carbons (Fsp3) is 0.588. The van der Waals surface area contributed by atoms with E-state index in [1.165, 1.54) is 24.9 Å². The van der Waals surface area contributed by atoms with Crippen LogP contribution in [0.3, 0.4) is 0 Å². The molecule has 3 heteroatoms. The molecule has 3 nitrogen and oxygen atoms in total. The molecule has 0 aromatic heterocycles. The van der Waals surface area contributed by atoms with E-state index in [1.54, 1.807) is 0 Å². The van der Waals surface area contributed by atoms with Crippen molar-refractivity contribution in [2.45, 2.75) is 58.4 Å². The molecule has 1 N–H and O–H groups in total. The van der Waals surface area contributed by atoms with Crippen LogP contribution in [0.1, 0.15) is 52.4 Å². The average Bonchev–Trinajstić information content (AvgIpc) is 2.47. The van der Waals surface area contributed by atoms with Crippen molar-refractivity contribution in [3.05, 3.63) is 24.3 Å². The van der Waals surface area contributed by atoms with Gasteiger partial charge in [-0.3, -0.25) is 4.79 Å². The summed E-state index contributed by atoms with van der Waals surface area (Å²) < 4.78 is 0. The molecule has 1 aliphatic heterocycles. The number of hydrogen-bond donors (Lipinski definition) is 1. The van der Waals surface area contributed by atoms with E-state index in [4.69, 9.17) is 0 Å². The van der Waals surface area contributed by atoms with Gasteiger partial charge in [0.1, 0.15) is 0 Å². The summed E-state index contributed by atoms with van der Waals surface area (Å²) >= 11 is 0. The van der Waals surface area contributed by atoms with Crippen LogP contribution in [0.15, 0.2) is 24.3 Å². The Morgan fingerprint density at radius 3 is 2.70 bits per heavy atom. The van der Waals surface area contributed by atoms with Crippen molar-refractivity contribution in [2.75, 3.05) is 16.8 Å². The van der Waals surface area contributed by atoms with Crippen molar-refractivity contribution < 1.29 is 4.79 Å². The van der Waals surface area contributed by atoms with Gasteiger partial charge in [-0.1, -0.05) is 13.3 Å². The number of hydrogen-bond acceptors (Lipinski definition) is 2. The predicted octanol–water partition coefficient (Wildman–Crippen LogP) is 4.19. The fourth-order valence-electron chi connectivity index (χ4n) is 2.78. The molecule has 20 heavy (non-hydrogen) atoms. The minimum absolute atomic E-state index is 0.117. The van der Waals surface area contributed by atoms with Crippen LogP contribution in [0.5, 0.6) is 0 Å². The van der Waals surface area contributed by atoms with Gasteiger partial charge in [-0.15, -0.1) is 0 Å². The number of piperidine rings is 1. The summed E-state index contributed by atoms with van der Waals surface area (Å²) in [5, 5.41) is 2.96. The Hall–Kier alpha value is -1.51. The van der Waals surface area contributed by atoms with Crippen molar-refractivity contribution in [3.8, 4) is 0 Å². The maximum absolute atomic E-state index is 11.7. The highest BCUT2D eigenvalue weighted by atomic mass is 16.1. The highest BCUT2D eigenvalue weighted by Gasteiger charge is 2.18. The van der Waals surface area contributed by atoms with Crippen LogP contribution in [-0.2, 0) is 4.79 Å². The van der Waals surface area contributed by atoms with E-state index in [1.807, 2.05) is 12.1 Å². The van der Waals surface area contributed by atoms with Crippen LogP contribution >= 0.6 is 0 Å². The van der Waals surface area contributed by atoms with E-state index >= 15 is 0 Å². The third-order valence-corrected chi connectivity index (χ3v) is 4.04. The monoisotopic (exact) mass is 274 g/mol. The smallest absolute Gasteiger partial charge is 0.224 e. The van der Waals surface area contributed by atoms with Gasteiger partial charge in [0, 0.05) is 30.4 Å². The number of anilines is 2. The van der Waals surface area contributed by atoms with Crippen LogP contribution in [0.4, 0.5) is 11.4 Å². The quantitative estimate of drug-likeness (QED) is 0.873. The van der Waals surface area contributed by atoms with Gasteiger partial charge in [-0.2, -0.15) is 0 Å². The number of unbranched alkanes of at least 4 members (excludes halogenated alkanes) is 1. The molecule has 1 amide bonds. The number of rotatable bonds is 5. The maximum Gasteiger partial charge on any atom is 0.224 e. The number of amides is 1. The fourth-order valence-corrected chi connectivity index (χ4v) is 2.78. The van der Waals surface area contributed by atoms with Gasteiger partial charge in [0.2, 0.25) is 5.91 Å². The zero-order chi connectivity index (χ0) is 14.4. The molecule has 0 spiro atoms. The largest absolute Gasteiger partial charge is 0.369 e. The highest BCUT2D eigenvalue weighted by molar-refractivity contribution is 5.90. The molecule has 0 radical (unpaired) electrons. The van der Waals surface area contributed by atoms with E-state index < -0.39 is 0 Å². The number of benzene rings is 1. The predicted molar refractivity (Wildman–Crippen MR) is 85.3 cm³/mol. The first kappa shape index (κ1) is 14.9. The Morgan fingerprint density at radius 1 is 1.30 bits per heavy atom. The van der Waals surface area contributed by atoms with Crippen molar-refractivity contribution >= 4 is 17.3 Å². The van der Waals surface area contributed by atoms with Crippen LogP contribution in [-0.4, -0.2) is 18.5 Å². The molecular formula is C17H26N2O. The lowest BCUT2D eigenvalue weighted by Crippen LogP contribution is -2.37. The molecule has 1 fully saturated rings. The first-order valence-corrected chi connectivity index (χ1v) is 7.87. The van der Waals surface area contributed by atoms with Crippen molar-refractivity contribution in [2.24, 2.45) is 0 Å². The lowest BCUT2D eigenvalue weighted by atomic mass is 10.0. The normalized spacial score (nSPS) is 18.9. The summed E-state index contributed by atoms with van der Waals surface area (Å²) in [5.41, 5.74) is 2.17. The van der Waals surface area contributed by atoms with Crippen LogP contribution in [0.2, 0.25) is 0 Å². The Balaban J connectivity index is 1.93. The van der Waals surface area contributed by atoms with E-state index in [0.29, 0.717) is 12.5 Å². The van der Waals surface area contributed by atoms with Gasteiger partial charge >= 0.3 is 0 Å². The molecule has 2 rings (SSSR count). The van der Waals surface area contributed by atoms with E-state index in [9.17, 15) is 4.79 Å². The van der Waals surface area contributed by atoms with Gasteiger partial charge < -0.3 is 10.2 Å². The van der Waals surface area contributed by atoms with E-state index in [0.717, 1.165) is 25.1 Å². The highest BCUT2D eigenvalue weighted by Crippen LogP contribution is 2.25. The summed E-state index contributed by atoms with van der Waals surface area (Å²) in [7, 11) is 0. The Morgan fingerprint density at radius 2 is 2.05 bits per heavy atom. The number of carbonyl (C=O) groups excluding carboxylic acids is 1. The van der Waals surface area contributed by atoms with Crippen molar-refractivity contribution in [1.29, 1.82) is 0 Å². The van der Waals surface area contributed by atoms with Crippen molar-refractivity contribution in [1.82, 2.24) is 0 Å². The molecule has 1 saturated heterocycles. The molecule has 1 aliphatic rings. The zero-order valence-corrected chi connectivity index (χ0v) is 12.7. The SMILES string of the molecule is CCCCC(=O)Nc1ccc(N2CCCC[C@H]2C)cc1. The molecule has 0 aliphatic carbocycles. The minimum atomic E-state index is 0.117. The second-order valence-electron chi connectivity index (χ2n) is 5.74. The Kier molecular flexibility index (Phi) is 5.45. The maximum atomic E-state index is 11.7. The number of nitrogens with one attached hydrogen (secondary N) is 1. The minimum Gasteiger partial charge on any atom is -0.369 e. The Labute approximate surface area is 122 Å². The lowest BCUT2D eigenvalue weighted by molar-refractivity contribution is -0.116. The van der Waals surface area contributed by atoms with Crippen LogP contribution < -0.4 is 10.2 Å². The molecule has 1 atom stereocenters. The zero-order valence-electron chi connectivity index (χ0n) is 12.7. The van der Waals surface area contributed by atoms with Gasteiger partial charge in [0.25, 0.3) is 0 Å². The summed E-state index contributed by atoms with van der Waals surface area (Å²) in [6, 6.07) is 8.89. The molecule has 1 heterocycles. The van der Waals surface area contributed by atoms with Crippen LogP contribution in [0.25, 0.3) is 0 Å². The number of nitrogens with zero attached hydrogens (tertiary/aromatic N) is 1. The van der Waals surface area contributed by atoms with Gasteiger partial charge in [0.05, 0.1) is 0 Å². The average molecular weight is 274 g/mol. The molecule has 110 valence electrons. The summed E-state index contributed by atoms with van der Waals surface area (Å²) in [5.74, 6) is 0.117. The van der Waals surface area contributed by atoms with E-state index in [2.05, 4.69) is 36.2 Å². The molecule has 0 bridgehead atoms. The first-order valence-electron chi connectivity index (χ1n) is 7.87. The van der Waals surface area contributed by atoms with E-state index in [-0.39, 0.29) is 5.91 Å². The summed E-state index contributed by atoms with van der Waals surface area (Å²) in [6.07, 6.45) is 6.51. The Bertz CT molecular complexity index is 427. The van der Waals surface area contributed by atoms with Gasteiger partial charge in [-0.05, 0) is 56.9 Å². The summed E-state index contributed by atoms with van der Waals surface area (Å²) in [6.45, 7) is 5.53. The second kappa shape index (κ2) is 7.32. The molecule has 0 unspecified atom stereocenters. The third-order valence-electron chi connectivity index (χ3n) is 4.04. The standard InChI is InChI=1S/C17H26N2O/c1-3-4-8-17(20)18-15-9-11-16(12-10-15)19-13-6-5-7-14(19)2/h9-12,14H,3-8,13H2,1-2H3,(H,18,20)/t14-/m1/s1. The lowest BCUT2D eigenvalue weighted by Gasteiger charge is -2.35.